The lowest BCUT2D eigenvalue weighted by atomic mass is 9.97. The molecule has 0 unspecified atom stereocenters. The first-order chi connectivity index (χ1) is 30.4. The number of fused-ring (bicyclic) bond motifs is 4. The van der Waals surface area contributed by atoms with Crippen molar-refractivity contribution in [1.29, 1.82) is 0 Å². The minimum absolute atomic E-state index is 0.0119. The molecule has 0 bridgehead atoms. The van der Waals surface area contributed by atoms with Gasteiger partial charge in [0, 0.05) is 27.5 Å². The van der Waals surface area contributed by atoms with Gasteiger partial charge in [0.15, 0.2) is 17.5 Å². The van der Waals surface area contributed by atoms with Crippen molar-refractivity contribution in [2.24, 2.45) is 0 Å². The first kappa shape index (κ1) is 14.8. The Hall–Kier alpha value is -6.39. The molecule has 0 radical (unpaired) electrons. The number of hydrogen-bond donors (Lipinski definition) is 0. The van der Waals surface area contributed by atoms with Crippen LogP contribution in [0.1, 0.15) is 23.3 Å². The molecule has 9 rings (SSSR count). The molecule has 2 aromatic heterocycles. The van der Waals surface area contributed by atoms with Crippen molar-refractivity contribution >= 4 is 32.7 Å². The van der Waals surface area contributed by atoms with E-state index in [1.807, 2.05) is 0 Å². The van der Waals surface area contributed by atoms with E-state index in [1.165, 1.54) is 0 Å². The zero-order valence-electron chi connectivity index (χ0n) is 41.0. The summed E-state index contributed by atoms with van der Waals surface area (Å²) in [4.78, 5) is 13.8. The van der Waals surface area contributed by atoms with Gasteiger partial charge in [-0.05, 0) is 57.2 Å². The number of nitrogens with zero attached hydrogens (tertiary/aromatic N) is 3. The number of rotatable bonds is 5. The van der Waals surface area contributed by atoms with E-state index in [9.17, 15) is 4.11 Å². The standard InChI is InChI=1S/C43H27N3O/c1-3-12-28(13-4-1)30-24-25-34-31(26-30)17-10-21-36(34)43-45-41(29-14-5-2-6-15-29)44-42(46-43)33-18-9-16-32(27-33)35-20-11-23-39-40(35)37-19-7-8-22-38(37)47-39/h1-27H/i7D,8D,9D,10D,11D,16D,17D,18D,19D,20D,21D,22D,23D,24D,25D,26D,27D. The molecule has 2 heterocycles. The highest BCUT2D eigenvalue weighted by molar-refractivity contribution is 6.12. The van der Waals surface area contributed by atoms with Crippen LogP contribution in [0.25, 0.3) is 89.1 Å². The second kappa shape index (κ2) is 11.2. The summed E-state index contributed by atoms with van der Waals surface area (Å²) in [5.74, 6) is -1.06. The van der Waals surface area contributed by atoms with Crippen LogP contribution in [0, 0.1) is 0 Å². The van der Waals surface area contributed by atoms with E-state index in [0.29, 0.717) is 11.1 Å². The Balaban J connectivity index is 1.42. The molecule has 0 aliphatic heterocycles. The third-order valence-electron chi connectivity index (χ3n) is 7.44. The maximum atomic E-state index is 9.64. The second-order valence-corrected chi connectivity index (χ2v) is 10.3. The van der Waals surface area contributed by atoms with Gasteiger partial charge in [0.1, 0.15) is 11.2 Å². The van der Waals surface area contributed by atoms with Crippen LogP contribution in [0.5, 0.6) is 0 Å². The van der Waals surface area contributed by atoms with Crippen LogP contribution in [0.4, 0.5) is 0 Å². The molecule has 0 aliphatic carbocycles. The van der Waals surface area contributed by atoms with Gasteiger partial charge in [-0.25, -0.2) is 15.0 Å². The normalized spacial score (nSPS) is 16.5. The molecule has 9 aromatic rings. The predicted octanol–water partition coefficient (Wildman–Crippen LogP) is 11.3. The van der Waals surface area contributed by atoms with Gasteiger partial charge in [-0.15, -0.1) is 0 Å². The average molecular weight is 619 g/mol. The second-order valence-electron chi connectivity index (χ2n) is 10.3. The number of para-hydroxylation sites is 1. The quantitative estimate of drug-likeness (QED) is 0.193. The zero-order chi connectivity index (χ0) is 46.0. The monoisotopic (exact) mass is 618 g/mol. The van der Waals surface area contributed by atoms with E-state index in [1.54, 1.807) is 60.7 Å². The molecule has 220 valence electrons. The van der Waals surface area contributed by atoms with Gasteiger partial charge < -0.3 is 4.42 Å². The molecule has 7 aromatic carbocycles. The summed E-state index contributed by atoms with van der Waals surface area (Å²) in [5.41, 5.74) is -2.01. The Bertz CT molecular complexity index is 3530. The topological polar surface area (TPSA) is 51.8 Å². The van der Waals surface area contributed by atoms with E-state index in [0.717, 1.165) is 0 Å². The lowest BCUT2D eigenvalue weighted by Crippen LogP contribution is -2.00. The van der Waals surface area contributed by atoms with Crippen molar-refractivity contribution in [3.63, 3.8) is 0 Å². The van der Waals surface area contributed by atoms with Crippen molar-refractivity contribution in [3.05, 3.63) is 163 Å². The molecule has 0 N–H and O–H groups in total. The molecular weight excluding hydrogens is 574 g/mol. The Labute approximate surface area is 295 Å². The van der Waals surface area contributed by atoms with Crippen molar-refractivity contribution in [2.75, 3.05) is 0 Å². The molecule has 0 aliphatic rings. The van der Waals surface area contributed by atoms with Crippen LogP contribution in [-0.2, 0) is 0 Å². The highest BCUT2D eigenvalue weighted by Crippen LogP contribution is 2.38. The van der Waals surface area contributed by atoms with E-state index < -0.39 is 136 Å². The van der Waals surface area contributed by atoms with Crippen molar-refractivity contribution < 1.29 is 27.7 Å². The predicted molar refractivity (Wildman–Crippen MR) is 192 cm³/mol. The lowest BCUT2D eigenvalue weighted by molar-refractivity contribution is 0.669. The van der Waals surface area contributed by atoms with Crippen LogP contribution in [0.15, 0.2) is 168 Å². The maximum absolute atomic E-state index is 9.64. The first-order valence-corrected chi connectivity index (χ1v) is 14.3. The summed E-state index contributed by atoms with van der Waals surface area (Å²) in [6.07, 6.45) is 0. The van der Waals surface area contributed by atoms with Gasteiger partial charge in [-0.2, -0.15) is 0 Å². The summed E-state index contributed by atoms with van der Waals surface area (Å²) >= 11 is 0. The van der Waals surface area contributed by atoms with Gasteiger partial charge in [0.2, 0.25) is 0 Å². The molecule has 0 fully saturated rings. The van der Waals surface area contributed by atoms with Gasteiger partial charge in [0.05, 0.1) is 23.3 Å². The van der Waals surface area contributed by atoms with Crippen LogP contribution in [0.2, 0.25) is 0 Å². The molecular formula is C43H27N3O. The summed E-state index contributed by atoms with van der Waals surface area (Å²) in [6.45, 7) is 0. The first-order valence-electron chi connectivity index (χ1n) is 22.8. The number of aromatic nitrogens is 3. The molecule has 0 saturated heterocycles. The Morgan fingerprint density at radius 1 is 0.426 bits per heavy atom. The Morgan fingerprint density at radius 3 is 1.94 bits per heavy atom. The molecule has 0 saturated carbocycles. The number of benzene rings is 7. The summed E-state index contributed by atoms with van der Waals surface area (Å²) in [5, 5.41) is -1.12. The summed E-state index contributed by atoms with van der Waals surface area (Å²) < 4.78 is 157. The lowest BCUT2D eigenvalue weighted by Gasteiger charge is -2.12. The largest absolute Gasteiger partial charge is 0.456 e. The molecule has 0 atom stereocenters. The maximum Gasteiger partial charge on any atom is 0.164 e. The molecule has 0 spiro atoms. The van der Waals surface area contributed by atoms with Crippen molar-refractivity contribution in [1.82, 2.24) is 15.0 Å². The van der Waals surface area contributed by atoms with Crippen LogP contribution >= 0.6 is 0 Å². The Morgan fingerprint density at radius 2 is 1.09 bits per heavy atom. The van der Waals surface area contributed by atoms with Gasteiger partial charge in [0.25, 0.3) is 0 Å². The fourth-order valence-electron chi connectivity index (χ4n) is 5.27. The summed E-state index contributed by atoms with van der Waals surface area (Å²) in [6, 6.07) is 5.56. The molecule has 4 nitrogen and oxygen atoms in total. The minimum atomic E-state index is -0.814. The highest BCUT2D eigenvalue weighted by atomic mass is 16.3. The average Bonchev–Trinajstić information content (AvgIpc) is 3.69. The van der Waals surface area contributed by atoms with Crippen LogP contribution < -0.4 is 0 Å². The van der Waals surface area contributed by atoms with E-state index in [2.05, 4.69) is 15.0 Å². The van der Waals surface area contributed by atoms with Crippen LogP contribution in [0.3, 0.4) is 0 Å². The SMILES string of the molecule is [2H]c1c([2H])c(-c2nc(-c3ccccc3)nc(-c3c([2H])c([2H])c([2H])c4c([2H])c(-c5ccccc5)c([2H])c([2H])c34)n2)c([2H])c(-c2c([2H])c([2H])c([2H])c3oc4c([2H])c([2H])c([2H])c([2H])c4c23)c1[2H]. The molecule has 4 heteroatoms. The van der Waals surface area contributed by atoms with E-state index in [4.69, 9.17) is 23.6 Å². The van der Waals surface area contributed by atoms with E-state index >= 15 is 0 Å². The fraction of sp³-hybridized carbons (Fsp3) is 0. The number of furan rings is 1. The van der Waals surface area contributed by atoms with Crippen LogP contribution in [-0.4, -0.2) is 15.0 Å². The fourth-order valence-corrected chi connectivity index (χ4v) is 5.27. The van der Waals surface area contributed by atoms with Gasteiger partial charge in [-0.1, -0.05) is 139 Å². The van der Waals surface area contributed by atoms with Gasteiger partial charge >= 0.3 is 0 Å². The smallest absolute Gasteiger partial charge is 0.164 e. The highest BCUT2D eigenvalue weighted by Gasteiger charge is 2.17. The third-order valence-corrected chi connectivity index (χ3v) is 7.44. The summed E-state index contributed by atoms with van der Waals surface area (Å²) in [7, 11) is 0. The Kier molecular flexibility index (Phi) is 3.53. The minimum Gasteiger partial charge on any atom is -0.456 e. The van der Waals surface area contributed by atoms with E-state index in [-0.39, 0.29) is 44.5 Å². The number of hydrogen-bond acceptors (Lipinski definition) is 4. The molecule has 47 heavy (non-hydrogen) atoms. The molecule has 0 amide bonds. The zero-order valence-corrected chi connectivity index (χ0v) is 24.0. The third kappa shape index (κ3) is 4.84. The van der Waals surface area contributed by atoms with Gasteiger partial charge in [-0.3, -0.25) is 0 Å². The van der Waals surface area contributed by atoms with Crippen molar-refractivity contribution in [3.8, 4) is 56.4 Å². The van der Waals surface area contributed by atoms with Crippen molar-refractivity contribution in [2.45, 2.75) is 0 Å².